The summed E-state index contributed by atoms with van der Waals surface area (Å²) < 4.78 is 23.0. The van der Waals surface area contributed by atoms with Crippen molar-refractivity contribution in [2.75, 3.05) is 27.4 Å². The maximum absolute atomic E-state index is 12.9. The number of thioether (sulfide) groups is 1. The SMILES string of the molecule is COc1cccc(OCCOc2c(Br)cc(/C=C3/C(=N)N4N=C(c5ccccc5Cl)SC4=NC3=O)cc2OC)c1. The van der Waals surface area contributed by atoms with Gasteiger partial charge in [-0.05, 0) is 69.7 Å². The first-order valence-electron chi connectivity index (χ1n) is 11.9. The number of amidine groups is 2. The van der Waals surface area contributed by atoms with Crippen LogP contribution in [0.25, 0.3) is 6.08 Å². The Labute approximate surface area is 248 Å². The molecule has 0 aromatic heterocycles. The number of hydrogen-bond acceptors (Lipinski definition) is 8. The highest BCUT2D eigenvalue weighted by molar-refractivity contribution is 9.10. The van der Waals surface area contributed by atoms with Gasteiger partial charge in [0.2, 0.25) is 5.17 Å². The number of fused-ring (bicyclic) bond motifs is 1. The fourth-order valence-electron chi connectivity index (χ4n) is 3.86. The van der Waals surface area contributed by atoms with Gasteiger partial charge in [0, 0.05) is 11.6 Å². The fourth-order valence-corrected chi connectivity index (χ4v) is 5.65. The van der Waals surface area contributed by atoms with Crippen LogP contribution in [0.1, 0.15) is 11.1 Å². The van der Waals surface area contributed by atoms with Gasteiger partial charge in [-0.25, -0.2) is 0 Å². The Bertz CT molecular complexity index is 1590. The Morgan fingerprint density at radius 1 is 1.02 bits per heavy atom. The lowest BCUT2D eigenvalue weighted by atomic mass is 10.1. The number of aliphatic imine (C=N–C) groups is 1. The third-order valence-corrected chi connectivity index (χ3v) is 7.62. The molecule has 2 heterocycles. The Morgan fingerprint density at radius 3 is 2.58 bits per heavy atom. The van der Waals surface area contributed by atoms with E-state index in [1.165, 1.54) is 23.9 Å². The topological polar surface area (TPSA) is 106 Å². The standard InChI is InChI=1S/C28H22BrClN4O5S/c1-36-17-6-5-7-18(15-17)38-10-11-39-24-21(29)13-16(14-23(24)37-2)12-20-25(31)34-28(32-26(20)35)40-27(33-34)19-8-3-4-9-22(19)30/h3-9,12-15,31H,10-11H2,1-2H3/b20-12-,31-25?. The van der Waals surface area contributed by atoms with Crippen LogP contribution >= 0.6 is 39.3 Å². The van der Waals surface area contributed by atoms with Crippen molar-refractivity contribution in [2.24, 2.45) is 10.1 Å². The number of methoxy groups -OCH3 is 2. The van der Waals surface area contributed by atoms with E-state index in [1.807, 2.05) is 36.4 Å². The molecule has 0 radical (unpaired) electrons. The van der Waals surface area contributed by atoms with Crippen molar-refractivity contribution < 1.29 is 23.7 Å². The molecule has 12 heteroatoms. The average molecular weight is 642 g/mol. The van der Waals surface area contributed by atoms with Gasteiger partial charge in [0.15, 0.2) is 17.3 Å². The summed E-state index contributed by atoms with van der Waals surface area (Å²) in [6, 6.07) is 18.0. The van der Waals surface area contributed by atoms with Gasteiger partial charge in [-0.2, -0.15) is 15.1 Å². The van der Waals surface area contributed by atoms with Crippen LogP contribution in [0.2, 0.25) is 5.02 Å². The number of hydrazone groups is 1. The zero-order valence-electron chi connectivity index (χ0n) is 21.3. The Balaban J connectivity index is 1.32. The summed E-state index contributed by atoms with van der Waals surface area (Å²) in [6.45, 7) is 0.552. The lowest BCUT2D eigenvalue weighted by molar-refractivity contribution is -0.114. The Kier molecular flexibility index (Phi) is 8.43. The maximum atomic E-state index is 12.9. The number of carbonyl (C=O) groups excluding carboxylic acids is 1. The number of rotatable bonds is 9. The summed E-state index contributed by atoms with van der Waals surface area (Å²) in [5, 5.41) is 15.9. The van der Waals surface area contributed by atoms with Gasteiger partial charge in [-0.15, -0.1) is 0 Å². The number of nitrogens with zero attached hydrogens (tertiary/aromatic N) is 3. The van der Waals surface area contributed by atoms with Gasteiger partial charge in [-0.3, -0.25) is 10.2 Å². The van der Waals surface area contributed by atoms with Gasteiger partial charge in [0.05, 0.1) is 29.3 Å². The van der Waals surface area contributed by atoms with Gasteiger partial charge < -0.3 is 18.9 Å². The largest absolute Gasteiger partial charge is 0.497 e. The number of ether oxygens (including phenoxy) is 4. The van der Waals surface area contributed by atoms with Crippen molar-refractivity contribution in [3.8, 4) is 23.0 Å². The van der Waals surface area contributed by atoms with Crippen LogP contribution in [0, 0.1) is 5.41 Å². The van der Waals surface area contributed by atoms with E-state index in [2.05, 4.69) is 26.0 Å². The molecule has 204 valence electrons. The maximum Gasteiger partial charge on any atom is 0.283 e. The monoisotopic (exact) mass is 640 g/mol. The van der Waals surface area contributed by atoms with Crippen LogP contribution < -0.4 is 18.9 Å². The normalized spacial score (nSPS) is 15.5. The molecule has 3 aromatic rings. The predicted octanol–water partition coefficient (Wildman–Crippen LogP) is 6.24. The summed E-state index contributed by atoms with van der Waals surface area (Å²) in [6.07, 6.45) is 1.57. The third-order valence-electron chi connectivity index (χ3n) is 5.76. The highest BCUT2D eigenvalue weighted by Crippen LogP contribution is 2.38. The van der Waals surface area contributed by atoms with Crippen LogP contribution in [0.15, 0.2) is 80.8 Å². The molecule has 2 aliphatic heterocycles. The van der Waals surface area contributed by atoms with Crippen LogP contribution in [0.3, 0.4) is 0 Å². The quantitative estimate of drug-likeness (QED) is 0.218. The van der Waals surface area contributed by atoms with Crippen LogP contribution in [0.4, 0.5) is 0 Å². The van der Waals surface area contributed by atoms with E-state index in [9.17, 15) is 4.79 Å². The summed E-state index contributed by atoms with van der Waals surface area (Å²) in [5.74, 6) is 1.67. The smallest absolute Gasteiger partial charge is 0.283 e. The number of benzene rings is 3. The van der Waals surface area contributed by atoms with E-state index in [0.717, 1.165) is 0 Å². The summed E-state index contributed by atoms with van der Waals surface area (Å²) >= 11 is 11.0. The minimum Gasteiger partial charge on any atom is -0.497 e. The minimum atomic E-state index is -0.538. The van der Waals surface area contributed by atoms with Crippen LogP contribution in [-0.4, -0.2) is 54.4 Å². The molecule has 0 unspecified atom stereocenters. The van der Waals surface area contributed by atoms with Crippen molar-refractivity contribution in [1.82, 2.24) is 5.01 Å². The lowest BCUT2D eigenvalue weighted by Crippen LogP contribution is -2.35. The molecule has 2 aliphatic rings. The zero-order valence-corrected chi connectivity index (χ0v) is 24.5. The van der Waals surface area contributed by atoms with Crippen LogP contribution in [-0.2, 0) is 4.79 Å². The van der Waals surface area contributed by atoms with Gasteiger partial charge in [0.1, 0.15) is 29.8 Å². The molecule has 40 heavy (non-hydrogen) atoms. The van der Waals surface area contributed by atoms with Crippen molar-refractivity contribution in [3.63, 3.8) is 0 Å². The second-order valence-corrected chi connectivity index (χ2v) is 10.5. The number of nitrogens with one attached hydrogen (secondary N) is 1. The van der Waals surface area contributed by atoms with E-state index < -0.39 is 5.91 Å². The number of carbonyl (C=O) groups is 1. The molecular weight excluding hydrogens is 620 g/mol. The van der Waals surface area contributed by atoms with E-state index in [1.54, 1.807) is 37.5 Å². The fraction of sp³-hybridized carbons (Fsp3) is 0.143. The molecule has 0 spiro atoms. The summed E-state index contributed by atoms with van der Waals surface area (Å²) in [4.78, 5) is 17.1. The first-order chi connectivity index (χ1) is 19.4. The zero-order chi connectivity index (χ0) is 28.2. The second kappa shape index (κ2) is 12.2. The Hall–Kier alpha value is -3.80. The molecule has 0 bridgehead atoms. The van der Waals surface area contributed by atoms with E-state index in [-0.39, 0.29) is 18.0 Å². The molecule has 3 aromatic carbocycles. The third kappa shape index (κ3) is 5.86. The average Bonchev–Trinajstić information content (AvgIpc) is 3.38. The highest BCUT2D eigenvalue weighted by Gasteiger charge is 2.36. The second-order valence-electron chi connectivity index (χ2n) is 8.32. The van der Waals surface area contributed by atoms with Gasteiger partial charge in [-0.1, -0.05) is 35.9 Å². The van der Waals surface area contributed by atoms with Crippen LogP contribution in [0.5, 0.6) is 23.0 Å². The van der Waals surface area contributed by atoms with E-state index in [4.69, 9.17) is 36.0 Å². The molecule has 1 N–H and O–H groups in total. The predicted molar refractivity (Wildman–Crippen MR) is 160 cm³/mol. The summed E-state index contributed by atoms with van der Waals surface area (Å²) in [5.41, 5.74) is 1.40. The molecule has 0 aliphatic carbocycles. The van der Waals surface area contributed by atoms with Crippen molar-refractivity contribution in [2.45, 2.75) is 0 Å². The molecule has 5 rings (SSSR count). The molecular formula is C28H22BrClN4O5S. The van der Waals surface area contributed by atoms with Gasteiger partial charge >= 0.3 is 0 Å². The molecule has 9 nitrogen and oxygen atoms in total. The lowest BCUT2D eigenvalue weighted by Gasteiger charge is -2.20. The molecule has 0 atom stereocenters. The van der Waals surface area contributed by atoms with Crippen molar-refractivity contribution in [3.05, 3.63) is 86.9 Å². The van der Waals surface area contributed by atoms with Crippen molar-refractivity contribution in [1.29, 1.82) is 5.41 Å². The van der Waals surface area contributed by atoms with Gasteiger partial charge in [0.25, 0.3) is 5.91 Å². The molecule has 1 amide bonds. The molecule has 0 fully saturated rings. The first-order valence-corrected chi connectivity index (χ1v) is 13.9. The molecule has 0 saturated carbocycles. The number of halogens is 2. The highest BCUT2D eigenvalue weighted by atomic mass is 79.9. The Morgan fingerprint density at radius 2 is 1.80 bits per heavy atom. The van der Waals surface area contributed by atoms with E-state index >= 15 is 0 Å². The number of hydrogen-bond donors (Lipinski definition) is 1. The summed E-state index contributed by atoms with van der Waals surface area (Å²) in [7, 11) is 3.12. The first kappa shape index (κ1) is 27.8. The van der Waals surface area contributed by atoms with E-state index in [0.29, 0.717) is 60.4 Å². The van der Waals surface area contributed by atoms with Crippen molar-refractivity contribution >= 4 is 67.3 Å². The molecule has 0 saturated heterocycles. The minimum absolute atomic E-state index is 0.0859. The number of amides is 1.